The molecule has 2 aromatic rings. The van der Waals surface area contributed by atoms with E-state index < -0.39 is 84.6 Å². The number of ether oxygens (including phenoxy) is 1. The van der Waals surface area contributed by atoms with Gasteiger partial charge in [0.25, 0.3) is 0 Å². The number of rotatable bonds is 20. The number of hydrogen-bond acceptors (Lipinski definition) is 18. The first-order chi connectivity index (χ1) is 24.9. The molecular formula is C25H44N7O18P3S. The van der Waals surface area contributed by atoms with Crippen LogP contribution in [0.2, 0.25) is 0 Å². The minimum absolute atomic E-state index is 0.0363. The molecule has 0 aromatic carbocycles. The number of phosphoric ester groups is 3. The molecule has 0 spiro atoms. The second-order valence-electron chi connectivity index (χ2n) is 11.9. The number of phosphoric acid groups is 3. The Balaban J connectivity index is 0.00000155. The first-order valence-corrected chi connectivity index (χ1v) is 20.8. The lowest BCUT2D eigenvalue weighted by atomic mass is 9.87. The fraction of sp³-hybridized carbons (Fsp3) is 0.680. The van der Waals surface area contributed by atoms with Gasteiger partial charge in [0.2, 0.25) is 11.8 Å². The zero-order chi connectivity index (χ0) is 41.1. The molecule has 0 aliphatic carbocycles. The van der Waals surface area contributed by atoms with E-state index in [1.807, 2.05) is 6.92 Å². The van der Waals surface area contributed by atoms with E-state index in [-0.39, 0.29) is 35.9 Å². The fourth-order valence-corrected chi connectivity index (χ4v) is 7.29. The standard InChI is InChI=1S/C21H36N7O16P3S.C4H8O2/c1-21(2,16(31)19(32)24-4-3-12(29)23-5-6-48)8-41-47(38,39)44-46(36,37)40-7-11-15(43-45(33,34)35)14(30)20(42-11)28-10-27-13-17(22)25-9-26-18(13)28;1-2-3-4(5)6/h9-11,14-16,20,30-31,48H,3-8H2,1-2H3,(H,23,29)(H,24,32)(H,36,37)(H,38,39)(H2,22,25,26)(H2,33,34,35);2-3H2,1H3,(H,5,6)/t11-,14-,15-,16+,20-;/m1./s1. The largest absolute Gasteiger partial charge is 0.481 e. The van der Waals surface area contributed by atoms with Crippen LogP contribution in [0.3, 0.4) is 0 Å². The van der Waals surface area contributed by atoms with Crippen LogP contribution >= 0.6 is 36.1 Å². The van der Waals surface area contributed by atoms with E-state index in [1.165, 1.54) is 13.8 Å². The van der Waals surface area contributed by atoms with Crippen molar-refractivity contribution in [1.82, 2.24) is 30.2 Å². The van der Waals surface area contributed by atoms with Crippen molar-refractivity contribution in [1.29, 1.82) is 0 Å². The third kappa shape index (κ3) is 15.1. The second kappa shape index (κ2) is 20.5. The zero-order valence-electron chi connectivity index (χ0n) is 29.0. The Morgan fingerprint density at radius 1 is 1.06 bits per heavy atom. The van der Waals surface area contributed by atoms with E-state index >= 15 is 0 Å². The smallest absolute Gasteiger partial charge is 0.481 e. The minimum atomic E-state index is -5.54. The molecule has 2 aromatic heterocycles. The van der Waals surface area contributed by atoms with Gasteiger partial charge in [-0.3, -0.25) is 32.5 Å². The first-order valence-electron chi connectivity index (χ1n) is 15.6. The number of nitrogens with zero attached hydrogens (tertiary/aromatic N) is 4. The molecule has 3 heterocycles. The molecule has 1 fully saturated rings. The molecule has 2 amide bonds. The monoisotopic (exact) mass is 855 g/mol. The van der Waals surface area contributed by atoms with Crippen molar-refractivity contribution >= 4 is 70.9 Å². The summed E-state index contributed by atoms with van der Waals surface area (Å²) >= 11 is 3.95. The van der Waals surface area contributed by atoms with Crippen molar-refractivity contribution < 1.29 is 85.6 Å². The Kier molecular flexibility index (Phi) is 18.0. The second-order valence-corrected chi connectivity index (χ2v) is 16.6. The number of carboxylic acids is 1. The quantitative estimate of drug-likeness (QED) is 0.0574. The molecule has 1 aliphatic heterocycles. The van der Waals surface area contributed by atoms with Gasteiger partial charge in [-0.15, -0.1) is 0 Å². The number of amides is 2. The number of nitrogens with two attached hydrogens (primary N) is 1. The molecule has 29 heteroatoms. The number of aliphatic hydroxyl groups is 2. The Morgan fingerprint density at radius 3 is 2.28 bits per heavy atom. The number of carbonyl (C=O) groups excluding carboxylic acids is 2. The third-order valence-corrected chi connectivity index (χ3v) is 10.3. The molecule has 3 rings (SSSR count). The summed E-state index contributed by atoms with van der Waals surface area (Å²) in [5, 5.41) is 34.0. The Morgan fingerprint density at radius 2 is 1.70 bits per heavy atom. The molecule has 308 valence electrons. The summed E-state index contributed by atoms with van der Waals surface area (Å²) in [5.41, 5.74) is 4.30. The van der Waals surface area contributed by atoms with Crippen molar-refractivity contribution in [3.8, 4) is 0 Å². The molecule has 0 bridgehead atoms. The summed E-state index contributed by atoms with van der Waals surface area (Å²) in [6, 6.07) is 0. The van der Waals surface area contributed by atoms with Crippen molar-refractivity contribution in [2.75, 3.05) is 37.8 Å². The number of fused-ring (bicyclic) bond motifs is 1. The highest BCUT2D eigenvalue weighted by atomic mass is 32.1. The normalized spacial score (nSPS) is 21.7. The number of aliphatic carboxylic acids is 1. The molecule has 0 radical (unpaired) electrons. The summed E-state index contributed by atoms with van der Waals surface area (Å²) in [6.45, 7) is 2.56. The zero-order valence-corrected chi connectivity index (χ0v) is 32.6. The Labute approximate surface area is 312 Å². The van der Waals surface area contributed by atoms with Gasteiger partial charge in [-0.05, 0) is 6.42 Å². The predicted octanol–water partition coefficient (Wildman–Crippen LogP) is -0.794. The Hall–Kier alpha value is -2.64. The molecular weight excluding hydrogens is 811 g/mol. The molecule has 25 nitrogen and oxygen atoms in total. The van der Waals surface area contributed by atoms with E-state index in [1.54, 1.807) is 0 Å². The van der Waals surface area contributed by atoms with Gasteiger partial charge in [0, 0.05) is 37.1 Å². The number of nitrogen functional groups attached to an aromatic ring is 1. The number of carboxylic acid groups (broad SMARTS) is 1. The SMILES string of the molecule is CC(C)(COP(=O)(O)OP(=O)(O)OC[C@H]1O[C@@H](n2cnc3c(N)ncnc32)[C@H](O)[C@@H]1OP(=O)(O)O)[C@@H](O)C(=O)NCCC(=O)NCCS.CCCC(=O)O. The average Bonchev–Trinajstić information content (AvgIpc) is 3.62. The van der Waals surface area contributed by atoms with Crippen molar-refractivity contribution in [2.45, 2.75) is 70.7 Å². The van der Waals surface area contributed by atoms with Gasteiger partial charge in [-0.25, -0.2) is 28.6 Å². The number of aromatic nitrogens is 4. The van der Waals surface area contributed by atoms with E-state index in [0.717, 1.165) is 23.6 Å². The molecule has 2 unspecified atom stereocenters. The summed E-state index contributed by atoms with van der Waals surface area (Å²) in [7, 11) is -16.3. The van der Waals surface area contributed by atoms with E-state index in [2.05, 4.69) is 47.0 Å². The maximum atomic E-state index is 12.6. The molecule has 0 saturated carbocycles. The van der Waals surface area contributed by atoms with Gasteiger partial charge in [-0.1, -0.05) is 20.8 Å². The number of hydrogen-bond donors (Lipinski definition) is 11. The predicted molar refractivity (Wildman–Crippen MR) is 186 cm³/mol. The third-order valence-electron chi connectivity index (χ3n) is 6.98. The van der Waals surface area contributed by atoms with Crippen molar-refractivity contribution in [3.63, 3.8) is 0 Å². The molecule has 11 N–H and O–H groups in total. The number of thiol groups is 1. The number of imidazole rings is 1. The topological polar surface area (TPSA) is 384 Å². The van der Waals surface area contributed by atoms with E-state index in [0.29, 0.717) is 18.7 Å². The van der Waals surface area contributed by atoms with Gasteiger partial charge in [0.05, 0.1) is 19.5 Å². The summed E-state index contributed by atoms with van der Waals surface area (Å²) in [5.74, 6) is -1.65. The van der Waals surface area contributed by atoms with Gasteiger partial charge < -0.3 is 56.0 Å². The van der Waals surface area contributed by atoms with Crippen LogP contribution in [0.15, 0.2) is 12.7 Å². The highest BCUT2D eigenvalue weighted by Crippen LogP contribution is 2.61. The lowest BCUT2D eigenvalue weighted by Gasteiger charge is -2.30. The molecule has 1 aliphatic rings. The van der Waals surface area contributed by atoms with Crippen molar-refractivity contribution in [3.05, 3.63) is 12.7 Å². The maximum Gasteiger partial charge on any atom is 0.481 e. The summed E-state index contributed by atoms with van der Waals surface area (Å²) in [6.07, 6.45) is -5.72. The number of anilines is 1. The lowest BCUT2D eigenvalue weighted by Crippen LogP contribution is -2.46. The summed E-state index contributed by atoms with van der Waals surface area (Å²) in [4.78, 5) is 84.2. The van der Waals surface area contributed by atoms with Gasteiger partial charge in [0.1, 0.15) is 36.3 Å². The van der Waals surface area contributed by atoms with Crippen molar-refractivity contribution in [2.24, 2.45) is 5.41 Å². The lowest BCUT2D eigenvalue weighted by molar-refractivity contribution is -0.137. The number of nitrogens with one attached hydrogen (secondary N) is 2. The van der Waals surface area contributed by atoms with Crippen LogP contribution in [0.1, 0.15) is 46.3 Å². The number of carbonyl (C=O) groups is 3. The average molecular weight is 856 g/mol. The van der Waals surface area contributed by atoms with Crippen LogP contribution < -0.4 is 16.4 Å². The van der Waals surface area contributed by atoms with Gasteiger partial charge in [-0.2, -0.15) is 16.9 Å². The van der Waals surface area contributed by atoms with E-state index in [4.69, 9.17) is 24.6 Å². The molecule has 54 heavy (non-hydrogen) atoms. The molecule has 1 saturated heterocycles. The number of aliphatic hydroxyl groups excluding tert-OH is 2. The first kappa shape index (κ1) is 47.5. The van der Waals surface area contributed by atoms with Crippen LogP contribution in [-0.4, -0.2) is 129 Å². The summed E-state index contributed by atoms with van der Waals surface area (Å²) < 4.78 is 61.7. The Bertz CT molecular complexity index is 1730. The fourth-order valence-electron chi connectivity index (χ4n) is 4.35. The molecule has 7 atom stereocenters. The minimum Gasteiger partial charge on any atom is -0.481 e. The van der Waals surface area contributed by atoms with Crippen LogP contribution in [0.25, 0.3) is 11.2 Å². The van der Waals surface area contributed by atoms with Crippen LogP contribution in [0.5, 0.6) is 0 Å². The highest BCUT2D eigenvalue weighted by molar-refractivity contribution is 7.80. The van der Waals surface area contributed by atoms with Gasteiger partial charge >= 0.3 is 29.4 Å². The highest BCUT2D eigenvalue weighted by Gasteiger charge is 2.50. The van der Waals surface area contributed by atoms with Crippen LogP contribution in [0.4, 0.5) is 5.82 Å². The van der Waals surface area contributed by atoms with Crippen LogP contribution in [-0.2, 0) is 50.7 Å². The maximum absolute atomic E-state index is 12.6. The van der Waals surface area contributed by atoms with Gasteiger partial charge in [0.15, 0.2) is 17.7 Å². The van der Waals surface area contributed by atoms with E-state index in [9.17, 15) is 57.9 Å². The van der Waals surface area contributed by atoms with Crippen LogP contribution in [0, 0.1) is 5.41 Å².